The maximum Gasteiger partial charge on any atom is 0.331 e. The van der Waals surface area contributed by atoms with Gasteiger partial charge in [-0.25, -0.2) is 4.57 Å². The zero-order valence-electron chi connectivity index (χ0n) is 10.5. The van der Waals surface area contributed by atoms with Crippen molar-refractivity contribution in [3.63, 3.8) is 0 Å². The Labute approximate surface area is 106 Å². The van der Waals surface area contributed by atoms with Crippen LogP contribution in [0.2, 0.25) is 0 Å². The molecule has 0 saturated heterocycles. The van der Waals surface area contributed by atoms with Crippen molar-refractivity contribution < 1.29 is 4.57 Å². The van der Waals surface area contributed by atoms with Crippen molar-refractivity contribution >= 4 is 10.9 Å². The van der Waals surface area contributed by atoms with Crippen LogP contribution < -0.4 is 4.57 Å². The monoisotopic (exact) mass is 236 g/mol. The fraction of sp³-hybridized carbons (Fsp3) is 0.133. The number of fused-ring (bicyclic) bond motifs is 1. The van der Waals surface area contributed by atoms with E-state index >= 15 is 0 Å². The molecule has 3 heteroatoms. The Morgan fingerprint density at radius 2 is 1.89 bits per heavy atom. The summed E-state index contributed by atoms with van der Waals surface area (Å²) in [5, 5.41) is 1.18. The standard InChI is InChI=1S/C15H14N3/c1-11-12-6-3-4-7-14(12)17-10-13(11)15-16-8-5-9-18(15)2/h3-10H,1-2H3/q+1. The Kier molecular flexibility index (Phi) is 2.52. The third-order valence-corrected chi connectivity index (χ3v) is 3.21. The van der Waals surface area contributed by atoms with E-state index in [9.17, 15) is 0 Å². The molecule has 0 aliphatic carbocycles. The van der Waals surface area contributed by atoms with E-state index in [1.54, 1.807) is 0 Å². The zero-order valence-corrected chi connectivity index (χ0v) is 10.5. The first-order chi connectivity index (χ1) is 8.77. The predicted octanol–water partition coefficient (Wildman–Crippen LogP) is 2.43. The van der Waals surface area contributed by atoms with Crippen molar-refractivity contribution in [1.82, 2.24) is 9.97 Å². The van der Waals surface area contributed by atoms with E-state index in [2.05, 4.69) is 23.0 Å². The predicted molar refractivity (Wildman–Crippen MR) is 70.9 cm³/mol. The van der Waals surface area contributed by atoms with Crippen LogP contribution in [0.1, 0.15) is 5.56 Å². The first-order valence-electron chi connectivity index (χ1n) is 5.93. The SMILES string of the molecule is Cc1c(-c2nccc[n+]2C)cnc2ccccc12. The summed E-state index contributed by atoms with van der Waals surface area (Å²) < 4.78 is 2.01. The molecule has 0 unspecified atom stereocenters. The average molecular weight is 236 g/mol. The van der Waals surface area contributed by atoms with Gasteiger partial charge in [-0.2, -0.15) is 0 Å². The number of rotatable bonds is 1. The molecule has 0 saturated carbocycles. The lowest BCUT2D eigenvalue weighted by atomic mass is 10.0. The topological polar surface area (TPSA) is 29.7 Å². The number of para-hydroxylation sites is 1. The van der Waals surface area contributed by atoms with Gasteiger partial charge in [0.05, 0.1) is 24.3 Å². The third kappa shape index (κ3) is 1.64. The Bertz CT molecular complexity index is 720. The first-order valence-corrected chi connectivity index (χ1v) is 5.93. The maximum absolute atomic E-state index is 4.51. The van der Waals surface area contributed by atoms with Crippen LogP contribution in [0.4, 0.5) is 0 Å². The molecule has 3 aromatic rings. The maximum atomic E-state index is 4.51. The van der Waals surface area contributed by atoms with E-state index in [1.165, 1.54) is 10.9 Å². The van der Waals surface area contributed by atoms with Gasteiger partial charge in [0.2, 0.25) is 0 Å². The van der Waals surface area contributed by atoms with E-state index in [-0.39, 0.29) is 0 Å². The molecular formula is C15H14N3+. The molecule has 0 radical (unpaired) electrons. The smallest absolute Gasteiger partial charge is 0.255 e. The third-order valence-electron chi connectivity index (χ3n) is 3.21. The van der Waals surface area contributed by atoms with E-state index in [0.29, 0.717) is 0 Å². The Balaban J connectivity index is 2.31. The summed E-state index contributed by atoms with van der Waals surface area (Å²) in [4.78, 5) is 8.95. The molecule has 2 aromatic heterocycles. The van der Waals surface area contributed by atoms with Crippen molar-refractivity contribution in [1.29, 1.82) is 0 Å². The highest BCUT2D eigenvalue weighted by atomic mass is 15.0. The Hall–Kier alpha value is -2.29. The lowest BCUT2D eigenvalue weighted by Gasteiger charge is -2.05. The van der Waals surface area contributed by atoms with Gasteiger partial charge in [0, 0.05) is 17.6 Å². The van der Waals surface area contributed by atoms with E-state index in [1.807, 2.05) is 54.5 Å². The highest BCUT2D eigenvalue weighted by Crippen LogP contribution is 2.24. The lowest BCUT2D eigenvalue weighted by molar-refractivity contribution is -0.663. The van der Waals surface area contributed by atoms with Crippen LogP contribution >= 0.6 is 0 Å². The first kappa shape index (κ1) is 10.8. The molecule has 88 valence electrons. The molecule has 18 heavy (non-hydrogen) atoms. The van der Waals surface area contributed by atoms with E-state index in [0.717, 1.165) is 16.9 Å². The molecule has 1 aromatic carbocycles. The summed E-state index contributed by atoms with van der Waals surface area (Å²) in [5.74, 6) is 0.938. The van der Waals surface area contributed by atoms with Crippen LogP contribution in [0.25, 0.3) is 22.3 Å². The summed E-state index contributed by atoms with van der Waals surface area (Å²) >= 11 is 0. The molecule has 0 spiro atoms. The summed E-state index contributed by atoms with van der Waals surface area (Å²) in [5.41, 5.74) is 3.32. The molecule has 0 amide bonds. The summed E-state index contributed by atoms with van der Waals surface area (Å²) in [6.45, 7) is 2.12. The van der Waals surface area contributed by atoms with Crippen LogP contribution in [0.15, 0.2) is 48.9 Å². The van der Waals surface area contributed by atoms with Gasteiger partial charge >= 0.3 is 5.82 Å². The number of nitrogens with zero attached hydrogens (tertiary/aromatic N) is 3. The Morgan fingerprint density at radius 3 is 2.72 bits per heavy atom. The summed E-state index contributed by atoms with van der Waals surface area (Å²) in [6.07, 6.45) is 5.71. The molecular weight excluding hydrogens is 222 g/mol. The van der Waals surface area contributed by atoms with E-state index < -0.39 is 0 Å². The number of pyridine rings is 1. The highest BCUT2D eigenvalue weighted by molar-refractivity contribution is 5.86. The fourth-order valence-electron chi connectivity index (χ4n) is 2.21. The van der Waals surface area contributed by atoms with Crippen LogP contribution in [0.3, 0.4) is 0 Å². The molecule has 3 rings (SSSR count). The van der Waals surface area contributed by atoms with Crippen molar-refractivity contribution in [3.8, 4) is 11.4 Å². The van der Waals surface area contributed by atoms with Crippen molar-refractivity contribution in [2.45, 2.75) is 6.92 Å². The molecule has 0 atom stereocenters. The summed E-state index contributed by atoms with van der Waals surface area (Å²) in [7, 11) is 2.00. The van der Waals surface area contributed by atoms with Gasteiger partial charge in [0.1, 0.15) is 6.20 Å². The molecule has 0 bridgehead atoms. The lowest BCUT2D eigenvalue weighted by Crippen LogP contribution is -2.31. The van der Waals surface area contributed by atoms with E-state index in [4.69, 9.17) is 0 Å². The summed E-state index contributed by atoms with van der Waals surface area (Å²) in [6, 6.07) is 10.1. The molecule has 0 aliphatic heterocycles. The number of hydrogen-bond acceptors (Lipinski definition) is 2. The minimum absolute atomic E-state index is 0.938. The largest absolute Gasteiger partial charge is 0.331 e. The van der Waals surface area contributed by atoms with Gasteiger partial charge in [0.25, 0.3) is 0 Å². The number of hydrogen-bond donors (Lipinski definition) is 0. The zero-order chi connectivity index (χ0) is 12.5. The van der Waals surface area contributed by atoms with Crippen molar-refractivity contribution in [2.75, 3.05) is 0 Å². The van der Waals surface area contributed by atoms with Crippen molar-refractivity contribution in [3.05, 3.63) is 54.5 Å². The number of aromatic nitrogens is 3. The second kappa shape index (κ2) is 4.18. The van der Waals surface area contributed by atoms with Gasteiger partial charge in [-0.15, -0.1) is 0 Å². The van der Waals surface area contributed by atoms with Gasteiger partial charge in [-0.3, -0.25) is 4.98 Å². The van der Waals surface area contributed by atoms with Crippen LogP contribution in [-0.2, 0) is 7.05 Å². The number of aryl methyl sites for hydroxylation is 2. The minimum atomic E-state index is 0.938. The van der Waals surface area contributed by atoms with Gasteiger partial charge < -0.3 is 0 Å². The fourth-order valence-corrected chi connectivity index (χ4v) is 2.21. The molecule has 0 fully saturated rings. The van der Waals surface area contributed by atoms with Crippen molar-refractivity contribution in [2.24, 2.45) is 7.05 Å². The molecule has 2 heterocycles. The molecule has 0 N–H and O–H groups in total. The second-order valence-electron chi connectivity index (χ2n) is 4.37. The normalized spacial score (nSPS) is 10.8. The Morgan fingerprint density at radius 1 is 1.06 bits per heavy atom. The minimum Gasteiger partial charge on any atom is -0.255 e. The second-order valence-corrected chi connectivity index (χ2v) is 4.37. The molecule has 3 nitrogen and oxygen atoms in total. The highest BCUT2D eigenvalue weighted by Gasteiger charge is 2.16. The van der Waals surface area contributed by atoms with Crippen LogP contribution in [0, 0.1) is 6.92 Å². The van der Waals surface area contributed by atoms with Crippen LogP contribution in [0.5, 0.6) is 0 Å². The van der Waals surface area contributed by atoms with Gasteiger partial charge in [-0.1, -0.05) is 18.2 Å². The van der Waals surface area contributed by atoms with Gasteiger partial charge in [0.15, 0.2) is 0 Å². The quantitative estimate of drug-likeness (QED) is 0.607. The van der Waals surface area contributed by atoms with Crippen LogP contribution in [-0.4, -0.2) is 9.97 Å². The average Bonchev–Trinajstić information content (AvgIpc) is 2.41. The van der Waals surface area contributed by atoms with Gasteiger partial charge in [-0.05, 0) is 23.5 Å². The molecule has 0 aliphatic rings. The number of benzene rings is 1.